The fourth-order valence-electron chi connectivity index (χ4n) is 3.36. The Morgan fingerprint density at radius 1 is 0.690 bits per heavy atom. The third kappa shape index (κ3) is 9.42. The van der Waals surface area contributed by atoms with Gasteiger partial charge in [0.15, 0.2) is 0 Å². The van der Waals surface area contributed by atoms with E-state index in [0.29, 0.717) is 12.8 Å². The Morgan fingerprint density at radius 3 is 1.66 bits per heavy atom. The molecule has 29 heavy (non-hydrogen) atoms. The van der Waals surface area contributed by atoms with Crippen LogP contribution >= 0.6 is 0 Å². The summed E-state index contributed by atoms with van der Waals surface area (Å²) in [6.07, 6.45) is 7.19. The van der Waals surface area contributed by atoms with Crippen LogP contribution in [0.25, 0.3) is 0 Å². The first-order valence-corrected chi connectivity index (χ1v) is 10.5. The van der Waals surface area contributed by atoms with Crippen LogP contribution in [0.15, 0.2) is 42.5 Å². The van der Waals surface area contributed by atoms with Crippen LogP contribution in [0.4, 0.5) is 11.4 Å². The number of hydrogen-bond donors (Lipinski definition) is 2. The average Bonchev–Trinajstić information content (AvgIpc) is 2.65. The summed E-state index contributed by atoms with van der Waals surface area (Å²) in [6, 6.07) is 13.6. The fraction of sp³-hybridized carbons (Fsp3) is 0.400. The van der Waals surface area contributed by atoms with Gasteiger partial charge in [-0.1, -0.05) is 43.9 Å². The molecule has 2 amide bonds. The first kappa shape index (κ1) is 22.7. The van der Waals surface area contributed by atoms with Crippen molar-refractivity contribution in [2.75, 3.05) is 10.6 Å². The predicted octanol–water partition coefficient (Wildman–Crippen LogP) is 6.18. The minimum atomic E-state index is 0.0601. The molecule has 0 unspecified atom stereocenters. The second kappa shape index (κ2) is 12.1. The zero-order chi connectivity index (χ0) is 21.1. The van der Waals surface area contributed by atoms with E-state index in [1.165, 1.54) is 0 Å². The van der Waals surface area contributed by atoms with E-state index in [2.05, 4.69) is 23.6 Å². The summed E-state index contributed by atoms with van der Waals surface area (Å²) >= 11 is 0. The standard InChI is InChI=1S/C25H33N2O2/c1-19-12-14-22(15-13-19)26-24(28)10-8-6-4-5-7-9-11-25(29)27-23-17-20(2)16-21(3)18-23/h12-18H,1,4-11H2,2-3H3,(H,26,28)(H,27,29). The number of hydrogen-bond acceptors (Lipinski definition) is 2. The molecule has 0 heterocycles. The SMILES string of the molecule is [CH2]c1ccc(NC(=O)CCCCCCCCC(=O)Nc2cc(C)cc(C)c2)cc1. The van der Waals surface area contributed by atoms with Crippen LogP contribution in [0, 0.1) is 20.8 Å². The quantitative estimate of drug-likeness (QED) is 0.448. The molecule has 0 saturated heterocycles. The number of unbranched alkanes of at least 4 members (excludes halogenated alkanes) is 5. The van der Waals surface area contributed by atoms with Crippen LogP contribution in [0.2, 0.25) is 0 Å². The van der Waals surface area contributed by atoms with Crippen molar-refractivity contribution < 1.29 is 9.59 Å². The minimum absolute atomic E-state index is 0.0601. The van der Waals surface area contributed by atoms with E-state index in [1.54, 1.807) is 0 Å². The summed E-state index contributed by atoms with van der Waals surface area (Å²) in [7, 11) is 0. The number of rotatable bonds is 11. The summed E-state index contributed by atoms with van der Waals surface area (Å²) in [5.74, 6) is 0.142. The summed E-state index contributed by atoms with van der Waals surface area (Å²) in [5.41, 5.74) is 4.95. The van der Waals surface area contributed by atoms with E-state index in [4.69, 9.17) is 0 Å². The molecule has 2 N–H and O–H groups in total. The van der Waals surface area contributed by atoms with E-state index >= 15 is 0 Å². The lowest BCUT2D eigenvalue weighted by Crippen LogP contribution is -2.11. The van der Waals surface area contributed by atoms with Crippen LogP contribution < -0.4 is 10.6 Å². The van der Waals surface area contributed by atoms with Crippen molar-refractivity contribution in [3.8, 4) is 0 Å². The minimum Gasteiger partial charge on any atom is -0.326 e. The van der Waals surface area contributed by atoms with E-state index in [9.17, 15) is 9.59 Å². The number of aryl methyl sites for hydroxylation is 2. The van der Waals surface area contributed by atoms with Gasteiger partial charge in [-0.3, -0.25) is 9.59 Å². The highest BCUT2D eigenvalue weighted by molar-refractivity contribution is 5.91. The highest BCUT2D eigenvalue weighted by Gasteiger charge is 2.04. The largest absolute Gasteiger partial charge is 0.326 e. The number of carbonyl (C=O) groups excluding carboxylic acids is 2. The lowest BCUT2D eigenvalue weighted by molar-refractivity contribution is -0.117. The first-order valence-electron chi connectivity index (χ1n) is 10.5. The molecule has 2 rings (SSSR count). The molecule has 0 saturated carbocycles. The highest BCUT2D eigenvalue weighted by atomic mass is 16.2. The molecular weight excluding hydrogens is 360 g/mol. The van der Waals surface area contributed by atoms with Crippen molar-refractivity contribution in [3.63, 3.8) is 0 Å². The van der Waals surface area contributed by atoms with Gasteiger partial charge >= 0.3 is 0 Å². The molecule has 0 aromatic heterocycles. The Hall–Kier alpha value is -2.62. The van der Waals surface area contributed by atoms with Crippen LogP contribution in [0.3, 0.4) is 0 Å². The Bertz CT molecular complexity index is 777. The second-order valence-electron chi connectivity index (χ2n) is 7.79. The third-order valence-corrected chi connectivity index (χ3v) is 4.80. The summed E-state index contributed by atoms with van der Waals surface area (Å²) in [4.78, 5) is 24.0. The zero-order valence-corrected chi connectivity index (χ0v) is 17.7. The van der Waals surface area contributed by atoms with E-state index in [0.717, 1.165) is 66.6 Å². The lowest BCUT2D eigenvalue weighted by atomic mass is 10.1. The molecule has 4 heteroatoms. The topological polar surface area (TPSA) is 58.2 Å². The molecule has 2 aromatic rings. The predicted molar refractivity (Wildman–Crippen MR) is 121 cm³/mol. The monoisotopic (exact) mass is 393 g/mol. The van der Waals surface area contributed by atoms with Crippen LogP contribution in [0.1, 0.15) is 68.1 Å². The number of amides is 2. The van der Waals surface area contributed by atoms with Crippen LogP contribution in [0.5, 0.6) is 0 Å². The van der Waals surface area contributed by atoms with Crippen LogP contribution in [-0.2, 0) is 9.59 Å². The molecule has 0 aliphatic heterocycles. The maximum atomic E-state index is 12.1. The lowest BCUT2D eigenvalue weighted by Gasteiger charge is -2.08. The van der Waals surface area contributed by atoms with Gasteiger partial charge in [0.25, 0.3) is 0 Å². The smallest absolute Gasteiger partial charge is 0.224 e. The fourth-order valence-corrected chi connectivity index (χ4v) is 3.36. The second-order valence-corrected chi connectivity index (χ2v) is 7.79. The van der Waals surface area contributed by atoms with Gasteiger partial charge in [0.1, 0.15) is 0 Å². The van der Waals surface area contributed by atoms with Gasteiger partial charge in [0.2, 0.25) is 11.8 Å². The first-order chi connectivity index (χ1) is 13.9. The maximum Gasteiger partial charge on any atom is 0.224 e. The summed E-state index contributed by atoms with van der Waals surface area (Å²) in [6.45, 7) is 7.90. The average molecular weight is 394 g/mol. The van der Waals surface area contributed by atoms with E-state index < -0.39 is 0 Å². The summed E-state index contributed by atoms with van der Waals surface area (Å²) < 4.78 is 0. The molecule has 0 aliphatic carbocycles. The zero-order valence-electron chi connectivity index (χ0n) is 17.7. The Labute approximate surface area is 175 Å². The van der Waals surface area contributed by atoms with Gasteiger partial charge in [-0.05, 0) is 74.6 Å². The normalized spacial score (nSPS) is 10.6. The number of nitrogens with one attached hydrogen (secondary N) is 2. The van der Waals surface area contributed by atoms with Gasteiger partial charge in [-0.15, -0.1) is 0 Å². The molecule has 0 bridgehead atoms. The molecule has 4 nitrogen and oxygen atoms in total. The van der Waals surface area contributed by atoms with E-state index in [-0.39, 0.29) is 11.8 Å². The van der Waals surface area contributed by atoms with Crippen molar-refractivity contribution in [2.24, 2.45) is 0 Å². The maximum absolute atomic E-state index is 12.1. The number of carbonyl (C=O) groups is 2. The molecule has 0 aliphatic rings. The van der Waals surface area contributed by atoms with Crippen LogP contribution in [-0.4, -0.2) is 11.8 Å². The van der Waals surface area contributed by atoms with Gasteiger partial charge in [-0.2, -0.15) is 0 Å². The van der Waals surface area contributed by atoms with Gasteiger partial charge in [-0.25, -0.2) is 0 Å². The van der Waals surface area contributed by atoms with Crippen molar-refractivity contribution in [2.45, 2.75) is 65.2 Å². The summed E-state index contributed by atoms with van der Waals surface area (Å²) in [5, 5.41) is 5.89. The Balaban J connectivity index is 1.48. The number of anilines is 2. The Morgan fingerprint density at radius 2 is 1.14 bits per heavy atom. The van der Waals surface area contributed by atoms with E-state index in [1.807, 2.05) is 50.2 Å². The molecule has 155 valence electrons. The molecule has 0 fully saturated rings. The number of benzene rings is 2. The van der Waals surface area contributed by atoms with Crippen molar-refractivity contribution in [1.82, 2.24) is 0 Å². The Kier molecular flexibility index (Phi) is 9.42. The molecule has 2 aromatic carbocycles. The molecule has 0 spiro atoms. The third-order valence-electron chi connectivity index (χ3n) is 4.80. The van der Waals surface area contributed by atoms with Crippen molar-refractivity contribution >= 4 is 23.2 Å². The van der Waals surface area contributed by atoms with Gasteiger partial charge in [0.05, 0.1) is 0 Å². The molecule has 0 atom stereocenters. The van der Waals surface area contributed by atoms with Crippen molar-refractivity contribution in [1.29, 1.82) is 0 Å². The van der Waals surface area contributed by atoms with Crippen molar-refractivity contribution in [3.05, 3.63) is 66.1 Å². The molecule has 1 radical (unpaired) electrons. The molecular formula is C25H33N2O2. The van der Waals surface area contributed by atoms with Gasteiger partial charge in [0, 0.05) is 24.2 Å². The van der Waals surface area contributed by atoms with Gasteiger partial charge < -0.3 is 10.6 Å². The highest BCUT2D eigenvalue weighted by Crippen LogP contribution is 2.15.